The van der Waals surface area contributed by atoms with Gasteiger partial charge in [-0.2, -0.15) is 0 Å². The second-order valence-electron chi connectivity index (χ2n) is 6.12. The van der Waals surface area contributed by atoms with Crippen LogP contribution in [-0.2, 0) is 14.3 Å². The minimum absolute atomic E-state index is 0.0165. The first-order chi connectivity index (χ1) is 8.25. The molecule has 18 heavy (non-hydrogen) atoms. The van der Waals surface area contributed by atoms with Gasteiger partial charge in [0.2, 0.25) is 5.91 Å². The van der Waals surface area contributed by atoms with Gasteiger partial charge in [-0.25, -0.2) is 0 Å². The van der Waals surface area contributed by atoms with Crippen LogP contribution in [0.2, 0.25) is 0 Å². The maximum absolute atomic E-state index is 12.4. The highest BCUT2D eigenvalue weighted by Crippen LogP contribution is 2.59. The summed E-state index contributed by atoms with van der Waals surface area (Å²) in [5, 5.41) is 9.12. The van der Waals surface area contributed by atoms with Crippen molar-refractivity contribution in [1.82, 2.24) is 4.90 Å². The van der Waals surface area contributed by atoms with Crippen LogP contribution in [0, 0.1) is 17.3 Å². The van der Waals surface area contributed by atoms with E-state index in [4.69, 9.17) is 9.84 Å². The Kier molecular flexibility index (Phi) is 3.13. The number of amides is 1. The predicted molar refractivity (Wildman–Crippen MR) is 65.0 cm³/mol. The molecule has 1 saturated heterocycles. The van der Waals surface area contributed by atoms with Gasteiger partial charge in [0.1, 0.15) is 0 Å². The quantitative estimate of drug-likeness (QED) is 0.798. The molecule has 1 saturated carbocycles. The Morgan fingerprint density at radius 2 is 1.67 bits per heavy atom. The molecule has 4 atom stereocenters. The Hall–Kier alpha value is -1.10. The van der Waals surface area contributed by atoms with Crippen molar-refractivity contribution in [3.8, 4) is 0 Å². The van der Waals surface area contributed by atoms with E-state index >= 15 is 0 Å². The molecule has 0 spiro atoms. The SMILES string of the molecule is C[C@@H]1CN(C(=O)[C@@H]2[C@H](C(=O)O)C2(C)C)C[C@H](C)O1. The zero-order chi connectivity index (χ0) is 13.7. The van der Waals surface area contributed by atoms with E-state index in [1.54, 1.807) is 4.90 Å². The van der Waals surface area contributed by atoms with Gasteiger partial charge in [-0.15, -0.1) is 0 Å². The van der Waals surface area contributed by atoms with Crippen LogP contribution in [0.4, 0.5) is 0 Å². The number of hydrogen-bond acceptors (Lipinski definition) is 3. The first kappa shape index (κ1) is 13.3. The van der Waals surface area contributed by atoms with Gasteiger partial charge >= 0.3 is 5.97 Å². The summed E-state index contributed by atoms with van der Waals surface area (Å²) in [7, 11) is 0. The van der Waals surface area contributed by atoms with Gasteiger partial charge in [-0.1, -0.05) is 13.8 Å². The van der Waals surface area contributed by atoms with Crippen molar-refractivity contribution in [2.75, 3.05) is 13.1 Å². The molecule has 1 aliphatic carbocycles. The highest BCUT2D eigenvalue weighted by atomic mass is 16.5. The van der Waals surface area contributed by atoms with E-state index < -0.39 is 17.3 Å². The lowest BCUT2D eigenvalue weighted by atomic mass is 10.1. The third kappa shape index (κ3) is 2.11. The van der Waals surface area contributed by atoms with Gasteiger partial charge in [-0.05, 0) is 19.3 Å². The molecule has 2 fully saturated rings. The number of hydrogen-bond donors (Lipinski definition) is 1. The van der Waals surface area contributed by atoms with E-state index in [1.165, 1.54) is 0 Å². The molecule has 0 bridgehead atoms. The number of aliphatic carboxylic acids is 1. The van der Waals surface area contributed by atoms with Crippen LogP contribution in [0.3, 0.4) is 0 Å². The maximum atomic E-state index is 12.4. The van der Waals surface area contributed by atoms with E-state index in [2.05, 4.69) is 0 Å². The first-order valence-electron chi connectivity index (χ1n) is 6.42. The van der Waals surface area contributed by atoms with Crippen molar-refractivity contribution in [2.24, 2.45) is 17.3 Å². The highest BCUT2D eigenvalue weighted by molar-refractivity contribution is 5.91. The summed E-state index contributed by atoms with van der Waals surface area (Å²) in [4.78, 5) is 25.3. The molecule has 0 radical (unpaired) electrons. The average molecular weight is 255 g/mol. The minimum atomic E-state index is -0.868. The molecule has 1 aliphatic heterocycles. The summed E-state index contributed by atoms with van der Waals surface area (Å²) >= 11 is 0. The van der Waals surface area contributed by atoms with Crippen LogP contribution in [0.25, 0.3) is 0 Å². The van der Waals surface area contributed by atoms with Crippen LogP contribution in [0.5, 0.6) is 0 Å². The van der Waals surface area contributed by atoms with E-state index in [0.29, 0.717) is 13.1 Å². The number of carboxylic acids is 1. The standard InChI is InChI=1S/C13H21NO4/c1-7-5-14(6-8(2)18-7)11(15)9-10(12(16)17)13(9,3)4/h7-10H,5-6H2,1-4H3,(H,16,17)/t7-,8+,9-,10+/m0/s1. The summed E-state index contributed by atoms with van der Waals surface area (Å²) in [5.74, 6) is -1.83. The van der Waals surface area contributed by atoms with E-state index in [1.807, 2.05) is 27.7 Å². The minimum Gasteiger partial charge on any atom is -0.481 e. The zero-order valence-corrected chi connectivity index (χ0v) is 11.3. The number of morpholine rings is 1. The van der Waals surface area contributed by atoms with Crippen molar-refractivity contribution < 1.29 is 19.4 Å². The molecule has 0 aromatic rings. The van der Waals surface area contributed by atoms with Crippen molar-refractivity contribution in [2.45, 2.75) is 39.9 Å². The Labute approximate surface area is 107 Å². The number of carboxylic acid groups (broad SMARTS) is 1. The first-order valence-corrected chi connectivity index (χ1v) is 6.42. The molecule has 102 valence electrons. The molecular formula is C13H21NO4. The van der Waals surface area contributed by atoms with Gasteiger partial charge in [0.15, 0.2) is 0 Å². The topological polar surface area (TPSA) is 66.8 Å². The fraction of sp³-hybridized carbons (Fsp3) is 0.846. The van der Waals surface area contributed by atoms with Crippen molar-refractivity contribution >= 4 is 11.9 Å². The van der Waals surface area contributed by atoms with Crippen LogP contribution < -0.4 is 0 Å². The summed E-state index contributed by atoms with van der Waals surface area (Å²) in [6, 6.07) is 0. The Balaban J connectivity index is 2.07. The zero-order valence-electron chi connectivity index (χ0n) is 11.3. The van der Waals surface area contributed by atoms with Crippen molar-refractivity contribution in [1.29, 1.82) is 0 Å². The number of nitrogens with zero attached hydrogens (tertiary/aromatic N) is 1. The molecule has 2 aliphatic rings. The summed E-state index contributed by atoms with van der Waals surface area (Å²) in [5.41, 5.74) is -0.423. The summed E-state index contributed by atoms with van der Waals surface area (Å²) < 4.78 is 5.58. The smallest absolute Gasteiger partial charge is 0.307 e. The third-order valence-electron chi connectivity index (χ3n) is 4.09. The van der Waals surface area contributed by atoms with E-state index in [9.17, 15) is 9.59 Å². The van der Waals surface area contributed by atoms with Gasteiger partial charge in [0.25, 0.3) is 0 Å². The van der Waals surface area contributed by atoms with Crippen LogP contribution in [0.1, 0.15) is 27.7 Å². The second kappa shape index (κ2) is 4.23. The lowest BCUT2D eigenvalue weighted by molar-refractivity contribution is -0.147. The molecule has 1 N–H and O–H groups in total. The molecule has 5 nitrogen and oxygen atoms in total. The lowest BCUT2D eigenvalue weighted by Crippen LogP contribution is -2.49. The molecule has 2 rings (SSSR count). The molecule has 0 aromatic heterocycles. The molecular weight excluding hydrogens is 234 g/mol. The second-order valence-corrected chi connectivity index (χ2v) is 6.12. The van der Waals surface area contributed by atoms with Gasteiger partial charge in [0.05, 0.1) is 24.0 Å². The fourth-order valence-electron chi connectivity index (χ4n) is 3.11. The largest absolute Gasteiger partial charge is 0.481 e. The monoisotopic (exact) mass is 255 g/mol. The van der Waals surface area contributed by atoms with Crippen LogP contribution >= 0.6 is 0 Å². The maximum Gasteiger partial charge on any atom is 0.307 e. The molecule has 0 aromatic carbocycles. The van der Waals surface area contributed by atoms with Gasteiger partial charge in [-0.3, -0.25) is 9.59 Å². The van der Waals surface area contributed by atoms with E-state index in [0.717, 1.165) is 0 Å². The fourth-order valence-corrected chi connectivity index (χ4v) is 3.11. The van der Waals surface area contributed by atoms with Crippen LogP contribution in [0.15, 0.2) is 0 Å². The lowest BCUT2D eigenvalue weighted by Gasteiger charge is -2.35. The van der Waals surface area contributed by atoms with Crippen molar-refractivity contribution in [3.63, 3.8) is 0 Å². The van der Waals surface area contributed by atoms with Crippen LogP contribution in [-0.4, -0.2) is 47.2 Å². The number of ether oxygens (including phenoxy) is 1. The van der Waals surface area contributed by atoms with Gasteiger partial charge in [0, 0.05) is 13.1 Å². The predicted octanol–water partition coefficient (Wildman–Crippen LogP) is 0.979. The molecule has 5 heteroatoms. The Morgan fingerprint density at radius 1 is 1.17 bits per heavy atom. The third-order valence-corrected chi connectivity index (χ3v) is 4.09. The Bertz CT molecular complexity index is 369. The van der Waals surface area contributed by atoms with E-state index in [-0.39, 0.29) is 24.0 Å². The van der Waals surface area contributed by atoms with Crippen molar-refractivity contribution in [3.05, 3.63) is 0 Å². The molecule has 1 heterocycles. The molecule has 0 unspecified atom stereocenters. The number of carbonyl (C=O) groups is 2. The average Bonchev–Trinajstić information content (AvgIpc) is 2.79. The highest BCUT2D eigenvalue weighted by Gasteiger charge is 2.66. The van der Waals surface area contributed by atoms with Gasteiger partial charge < -0.3 is 14.7 Å². The molecule has 1 amide bonds. The Morgan fingerprint density at radius 3 is 2.06 bits per heavy atom. The summed E-state index contributed by atoms with van der Waals surface area (Å²) in [6.45, 7) is 8.68. The normalized spacial score (nSPS) is 38.3. The number of rotatable bonds is 2. The number of carbonyl (C=O) groups excluding carboxylic acids is 1. The summed E-state index contributed by atoms with van der Waals surface area (Å²) in [6.07, 6.45) is 0.0330.